The summed E-state index contributed by atoms with van der Waals surface area (Å²) in [5, 5.41) is 9.28. The molecule has 1 rings (SSSR count). The quantitative estimate of drug-likeness (QED) is 0.759. The molecule has 66 valence electrons. The maximum absolute atomic E-state index is 9.28. The monoisotopic (exact) mass is 182 g/mol. The van der Waals surface area contributed by atoms with Crippen LogP contribution in [0.3, 0.4) is 0 Å². The molecule has 0 aliphatic heterocycles. The van der Waals surface area contributed by atoms with Gasteiger partial charge in [0.2, 0.25) is 0 Å². The van der Waals surface area contributed by atoms with Crippen molar-refractivity contribution in [2.45, 2.75) is 19.6 Å². The average molecular weight is 182 g/mol. The van der Waals surface area contributed by atoms with Crippen molar-refractivity contribution in [3.05, 3.63) is 28.8 Å². The second-order valence-corrected chi connectivity index (χ2v) is 3.86. The van der Waals surface area contributed by atoms with E-state index in [9.17, 15) is 5.11 Å². The molecule has 1 N–H and O–H groups in total. The van der Waals surface area contributed by atoms with Crippen LogP contribution in [0, 0.1) is 13.8 Å². The topological polar surface area (TPSA) is 20.2 Å². The Hall–Kier alpha value is -0.630. The van der Waals surface area contributed by atoms with E-state index < -0.39 is 0 Å². The van der Waals surface area contributed by atoms with Gasteiger partial charge in [0.1, 0.15) is 5.75 Å². The molecular formula is C10H14OS. The van der Waals surface area contributed by atoms with Crippen LogP contribution in [0.15, 0.2) is 12.1 Å². The molecule has 2 heteroatoms. The van der Waals surface area contributed by atoms with Gasteiger partial charge >= 0.3 is 0 Å². The molecule has 0 aliphatic rings. The Morgan fingerprint density at radius 3 is 2.17 bits per heavy atom. The van der Waals surface area contributed by atoms with Crippen molar-refractivity contribution in [1.29, 1.82) is 0 Å². The predicted octanol–water partition coefficient (Wildman–Crippen LogP) is 2.87. The number of thioether (sulfide) groups is 1. The third-order valence-electron chi connectivity index (χ3n) is 1.97. The van der Waals surface area contributed by atoms with Crippen molar-refractivity contribution in [3.8, 4) is 5.75 Å². The largest absolute Gasteiger partial charge is 0.508 e. The first-order valence-electron chi connectivity index (χ1n) is 3.93. The van der Waals surface area contributed by atoms with Crippen LogP contribution in [0.2, 0.25) is 0 Å². The lowest BCUT2D eigenvalue weighted by molar-refractivity contribution is 0.474. The minimum atomic E-state index is 0.370. The summed E-state index contributed by atoms with van der Waals surface area (Å²) in [4.78, 5) is 0. The van der Waals surface area contributed by atoms with E-state index in [-0.39, 0.29) is 0 Å². The SMILES string of the molecule is CSCc1c(C)cc(O)cc1C. The minimum absolute atomic E-state index is 0.370. The molecule has 0 bridgehead atoms. The smallest absolute Gasteiger partial charge is 0.116 e. The van der Waals surface area contributed by atoms with E-state index in [2.05, 4.69) is 6.26 Å². The van der Waals surface area contributed by atoms with E-state index in [1.807, 2.05) is 37.7 Å². The summed E-state index contributed by atoms with van der Waals surface area (Å²) in [6, 6.07) is 3.64. The van der Waals surface area contributed by atoms with Gasteiger partial charge in [0.25, 0.3) is 0 Å². The summed E-state index contributed by atoms with van der Waals surface area (Å²) in [6.45, 7) is 4.08. The van der Waals surface area contributed by atoms with Crippen molar-refractivity contribution >= 4 is 11.8 Å². The Bertz CT molecular complexity index is 258. The van der Waals surface area contributed by atoms with Crippen LogP contribution in [0.4, 0.5) is 0 Å². The fourth-order valence-electron chi connectivity index (χ4n) is 1.34. The van der Waals surface area contributed by atoms with Crippen molar-refractivity contribution in [2.24, 2.45) is 0 Å². The van der Waals surface area contributed by atoms with E-state index in [1.54, 1.807) is 0 Å². The highest BCUT2D eigenvalue weighted by Crippen LogP contribution is 2.23. The molecule has 0 saturated carbocycles. The number of aryl methyl sites for hydroxylation is 2. The molecule has 0 spiro atoms. The lowest BCUT2D eigenvalue weighted by Gasteiger charge is -2.08. The second kappa shape index (κ2) is 3.85. The van der Waals surface area contributed by atoms with Gasteiger partial charge in [-0.3, -0.25) is 0 Å². The molecule has 12 heavy (non-hydrogen) atoms. The van der Waals surface area contributed by atoms with Gasteiger partial charge < -0.3 is 5.11 Å². The first kappa shape index (κ1) is 9.46. The van der Waals surface area contributed by atoms with Gasteiger partial charge in [0.15, 0.2) is 0 Å². The molecule has 0 aliphatic carbocycles. The standard InChI is InChI=1S/C10H14OS/c1-7-4-9(11)5-8(2)10(7)6-12-3/h4-5,11H,6H2,1-3H3. The van der Waals surface area contributed by atoms with Crippen molar-refractivity contribution in [3.63, 3.8) is 0 Å². The summed E-state index contributed by atoms with van der Waals surface area (Å²) in [5.74, 6) is 1.40. The molecule has 0 atom stereocenters. The Balaban J connectivity index is 3.10. The number of hydrogen-bond donors (Lipinski definition) is 1. The predicted molar refractivity (Wildman–Crippen MR) is 54.8 cm³/mol. The third kappa shape index (κ3) is 1.95. The maximum atomic E-state index is 9.28. The summed E-state index contributed by atoms with van der Waals surface area (Å²) in [7, 11) is 0. The van der Waals surface area contributed by atoms with Crippen LogP contribution in [0.25, 0.3) is 0 Å². The fraction of sp³-hybridized carbons (Fsp3) is 0.400. The van der Waals surface area contributed by atoms with Crippen LogP contribution in [0.1, 0.15) is 16.7 Å². The zero-order chi connectivity index (χ0) is 9.14. The molecule has 0 unspecified atom stereocenters. The van der Waals surface area contributed by atoms with Gasteiger partial charge in [-0.15, -0.1) is 0 Å². The molecule has 1 nitrogen and oxygen atoms in total. The maximum Gasteiger partial charge on any atom is 0.116 e. The van der Waals surface area contributed by atoms with Gasteiger partial charge in [-0.1, -0.05) is 0 Å². The Morgan fingerprint density at radius 2 is 1.75 bits per heavy atom. The highest BCUT2D eigenvalue weighted by atomic mass is 32.2. The first-order valence-corrected chi connectivity index (χ1v) is 5.32. The van der Waals surface area contributed by atoms with Gasteiger partial charge in [-0.05, 0) is 48.9 Å². The third-order valence-corrected chi connectivity index (χ3v) is 2.55. The van der Waals surface area contributed by atoms with Gasteiger partial charge in [0.05, 0.1) is 0 Å². The normalized spacial score (nSPS) is 10.2. The summed E-state index contributed by atoms with van der Waals surface area (Å²) in [6.07, 6.45) is 2.09. The van der Waals surface area contributed by atoms with Crippen LogP contribution >= 0.6 is 11.8 Å². The van der Waals surface area contributed by atoms with E-state index in [0.717, 1.165) is 5.75 Å². The minimum Gasteiger partial charge on any atom is -0.508 e. The molecule has 1 aromatic carbocycles. The number of benzene rings is 1. The van der Waals surface area contributed by atoms with E-state index in [1.165, 1.54) is 16.7 Å². The van der Waals surface area contributed by atoms with Gasteiger partial charge in [-0.25, -0.2) is 0 Å². The molecule has 0 amide bonds. The zero-order valence-electron chi connectivity index (χ0n) is 7.72. The number of phenols is 1. The van der Waals surface area contributed by atoms with Gasteiger partial charge in [0, 0.05) is 5.75 Å². The highest BCUT2D eigenvalue weighted by Gasteiger charge is 2.03. The molecule has 0 aromatic heterocycles. The molecule has 0 heterocycles. The first-order chi connectivity index (χ1) is 5.65. The van der Waals surface area contributed by atoms with Crippen LogP contribution in [-0.2, 0) is 5.75 Å². The number of aromatic hydroxyl groups is 1. The Labute approximate surface area is 77.8 Å². The zero-order valence-corrected chi connectivity index (χ0v) is 8.53. The van der Waals surface area contributed by atoms with Crippen molar-refractivity contribution in [2.75, 3.05) is 6.26 Å². The Kier molecular flexibility index (Phi) is 3.04. The van der Waals surface area contributed by atoms with Crippen LogP contribution < -0.4 is 0 Å². The molecule has 0 fully saturated rings. The number of phenolic OH excluding ortho intramolecular Hbond substituents is 1. The van der Waals surface area contributed by atoms with Crippen LogP contribution in [0.5, 0.6) is 5.75 Å². The van der Waals surface area contributed by atoms with Crippen molar-refractivity contribution < 1.29 is 5.11 Å². The summed E-state index contributed by atoms with van der Waals surface area (Å²) < 4.78 is 0. The Morgan fingerprint density at radius 1 is 1.25 bits per heavy atom. The number of rotatable bonds is 2. The number of hydrogen-bond acceptors (Lipinski definition) is 2. The van der Waals surface area contributed by atoms with E-state index in [0.29, 0.717) is 5.75 Å². The van der Waals surface area contributed by atoms with Crippen LogP contribution in [-0.4, -0.2) is 11.4 Å². The second-order valence-electron chi connectivity index (χ2n) is 2.99. The average Bonchev–Trinajstić information content (AvgIpc) is 1.96. The molecule has 1 aromatic rings. The highest BCUT2D eigenvalue weighted by molar-refractivity contribution is 7.97. The lowest BCUT2D eigenvalue weighted by Crippen LogP contribution is -1.90. The fourth-order valence-corrected chi connectivity index (χ4v) is 2.09. The molecule has 0 saturated heterocycles. The summed E-state index contributed by atoms with van der Waals surface area (Å²) in [5.41, 5.74) is 3.71. The summed E-state index contributed by atoms with van der Waals surface area (Å²) >= 11 is 1.81. The van der Waals surface area contributed by atoms with Crippen molar-refractivity contribution in [1.82, 2.24) is 0 Å². The molecular weight excluding hydrogens is 168 g/mol. The van der Waals surface area contributed by atoms with E-state index in [4.69, 9.17) is 0 Å². The van der Waals surface area contributed by atoms with Gasteiger partial charge in [-0.2, -0.15) is 11.8 Å². The lowest BCUT2D eigenvalue weighted by atomic mass is 10.0. The van der Waals surface area contributed by atoms with E-state index >= 15 is 0 Å². The molecule has 0 radical (unpaired) electrons.